The standard InChI is InChI=1S/C22H21F3N2O4.C2H6/c1-13-19(21(7-8-21)27-11-18(28)29-2)16-10-15(5-6-17(16)31-13)30-12-14-4-3-9-26-20(14)22(23,24)25;1-2/h3-6,9-10,27H,7-8,11-12H2,1-2H3;1-2H3. The minimum absolute atomic E-state index is 0.0443. The Bertz CT molecular complexity index is 1120. The highest BCUT2D eigenvalue weighted by Crippen LogP contribution is 2.50. The molecule has 2 heterocycles. The second kappa shape index (κ2) is 9.82. The van der Waals surface area contributed by atoms with Gasteiger partial charge < -0.3 is 13.9 Å². The monoisotopic (exact) mass is 464 g/mol. The van der Waals surface area contributed by atoms with Crippen LogP contribution in [0.4, 0.5) is 13.2 Å². The second-order valence-electron chi connectivity index (χ2n) is 7.50. The number of esters is 1. The topological polar surface area (TPSA) is 73.6 Å². The van der Waals surface area contributed by atoms with Crippen LogP contribution >= 0.6 is 0 Å². The predicted octanol–water partition coefficient (Wildman–Crippen LogP) is 5.51. The van der Waals surface area contributed by atoms with Gasteiger partial charge in [-0.2, -0.15) is 13.2 Å². The largest absolute Gasteiger partial charge is 0.489 e. The van der Waals surface area contributed by atoms with E-state index in [-0.39, 0.29) is 24.7 Å². The molecule has 3 aromatic rings. The van der Waals surface area contributed by atoms with Crippen molar-refractivity contribution in [2.75, 3.05) is 13.7 Å². The van der Waals surface area contributed by atoms with Crippen molar-refractivity contribution in [2.45, 2.75) is 51.9 Å². The summed E-state index contributed by atoms with van der Waals surface area (Å²) in [5, 5.41) is 4.05. The summed E-state index contributed by atoms with van der Waals surface area (Å²) in [5.41, 5.74) is 0.170. The molecule has 0 amide bonds. The lowest BCUT2D eigenvalue weighted by molar-refractivity contribution is -0.142. The van der Waals surface area contributed by atoms with E-state index in [9.17, 15) is 18.0 Å². The smallest absolute Gasteiger partial charge is 0.433 e. The molecule has 1 aromatic carbocycles. The van der Waals surface area contributed by atoms with Gasteiger partial charge in [0.1, 0.15) is 23.7 Å². The number of furan rings is 1. The van der Waals surface area contributed by atoms with Crippen LogP contribution in [0.25, 0.3) is 11.0 Å². The number of alkyl halides is 3. The maximum atomic E-state index is 13.2. The Labute approximate surface area is 190 Å². The molecule has 0 aliphatic heterocycles. The highest BCUT2D eigenvalue weighted by Gasteiger charge is 2.47. The van der Waals surface area contributed by atoms with Crippen LogP contribution in [-0.2, 0) is 27.9 Å². The van der Waals surface area contributed by atoms with Crippen LogP contribution in [0.15, 0.2) is 40.9 Å². The summed E-state index contributed by atoms with van der Waals surface area (Å²) in [5.74, 6) is 0.765. The van der Waals surface area contributed by atoms with Gasteiger partial charge in [-0.25, -0.2) is 0 Å². The quantitative estimate of drug-likeness (QED) is 0.465. The number of hydrogen-bond donors (Lipinski definition) is 1. The van der Waals surface area contributed by atoms with E-state index in [0.717, 1.165) is 30.0 Å². The fourth-order valence-corrected chi connectivity index (χ4v) is 3.81. The molecule has 1 aliphatic rings. The molecule has 33 heavy (non-hydrogen) atoms. The zero-order chi connectivity index (χ0) is 24.2. The number of rotatable bonds is 7. The van der Waals surface area contributed by atoms with Crippen LogP contribution in [0.2, 0.25) is 0 Å². The first kappa shape index (κ1) is 24.6. The minimum atomic E-state index is -4.55. The van der Waals surface area contributed by atoms with Gasteiger partial charge in [-0.05, 0) is 44.0 Å². The maximum absolute atomic E-state index is 13.2. The van der Waals surface area contributed by atoms with Crippen molar-refractivity contribution in [3.63, 3.8) is 0 Å². The fourth-order valence-electron chi connectivity index (χ4n) is 3.81. The Hall–Kier alpha value is -3.07. The lowest BCUT2D eigenvalue weighted by Gasteiger charge is -2.17. The third kappa shape index (κ3) is 5.30. The van der Waals surface area contributed by atoms with Crippen molar-refractivity contribution >= 4 is 16.9 Å². The SMILES string of the molecule is CC.COC(=O)CNC1(c2c(C)oc3ccc(OCc4cccnc4C(F)(F)F)cc23)CC1. The molecule has 1 aliphatic carbocycles. The highest BCUT2D eigenvalue weighted by atomic mass is 19.4. The number of methoxy groups -OCH3 is 1. The summed E-state index contributed by atoms with van der Waals surface area (Å²) in [6.07, 6.45) is -1.79. The van der Waals surface area contributed by atoms with Crippen LogP contribution in [-0.4, -0.2) is 24.6 Å². The molecule has 2 aromatic heterocycles. The molecule has 0 atom stereocenters. The van der Waals surface area contributed by atoms with Gasteiger partial charge in [-0.15, -0.1) is 0 Å². The summed E-state index contributed by atoms with van der Waals surface area (Å²) >= 11 is 0. The van der Waals surface area contributed by atoms with Crippen LogP contribution in [0.5, 0.6) is 5.75 Å². The van der Waals surface area contributed by atoms with Crippen LogP contribution in [0, 0.1) is 6.92 Å². The maximum Gasteiger partial charge on any atom is 0.433 e. The molecule has 1 N–H and O–H groups in total. The average molecular weight is 464 g/mol. The number of carbonyl (C=O) groups excluding carboxylic acids is 1. The number of nitrogens with one attached hydrogen (secondary N) is 1. The van der Waals surface area contributed by atoms with Crippen LogP contribution in [0.3, 0.4) is 0 Å². The van der Waals surface area contributed by atoms with Crippen LogP contribution < -0.4 is 10.1 Å². The van der Waals surface area contributed by atoms with E-state index in [1.165, 1.54) is 19.2 Å². The Morgan fingerprint density at radius 3 is 2.61 bits per heavy atom. The molecule has 0 bridgehead atoms. The number of aryl methyl sites for hydroxylation is 1. The summed E-state index contributed by atoms with van der Waals surface area (Å²) in [6.45, 7) is 5.65. The lowest BCUT2D eigenvalue weighted by atomic mass is 10.0. The van der Waals surface area contributed by atoms with Crippen molar-refractivity contribution < 1.29 is 31.9 Å². The second-order valence-corrected chi connectivity index (χ2v) is 7.50. The number of aromatic nitrogens is 1. The lowest BCUT2D eigenvalue weighted by Crippen LogP contribution is -2.34. The van der Waals surface area contributed by atoms with Crippen molar-refractivity contribution in [1.29, 1.82) is 0 Å². The molecule has 1 fully saturated rings. The van der Waals surface area contributed by atoms with E-state index < -0.39 is 17.4 Å². The van der Waals surface area contributed by atoms with E-state index in [0.29, 0.717) is 17.1 Å². The molecule has 9 heteroatoms. The molecule has 178 valence electrons. The molecule has 0 unspecified atom stereocenters. The number of ether oxygens (including phenoxy) is 2. The highest BCUT2D eigenvalue weighted by molar-refractivity contribution is 5.85. The molecule has 4 rings (SSSR count). The molecule has 0 saturated heterocycles. The summed E-state index contributed by atoms with van der Waals surface area (Å²) < 4.78 is 55.7. The van der Waals surface area contributed by atoms with E-state index in [1.807, 2.05) is 20.8 Å². The molecular formula is C24H27F3N2O4. The Morgan fingerprint density at radius 2 is 1.97 bits per heavy atom. The van der Waals surface area contributed by atoms with Gasteiger partial charge in [0, 0.05) is 28.2 Å². The molecule has 0 radical (unpaired) electrons. The Morgan fingerprint density at radius 1 is 1.24 bits per heavy atom. The fraction of sp³-hybridized carbons (Fsp3) is 0.417. The summed E-state index contributed by atoms with van der Waals surface area (Å²) in [6, 6.07) is 7.92. The number of fused-ring (bicyclic) bond motifs is 1. The van der Waals surface area contributed by atoms with Gasteiger partial charge in [-0.3, -0.25) is 15.1 Å². The minimum Gasteiger partial charge on any atom is -0.489 e. The Kier molecular flexibility index (Phi) is 7.31. The first-order valence-corrected chi connectivity index (χ1v) is 10.7. The van der Waals surface area contributed by atoms with Gasteiger partial charge in [0.25, 0.3) is 0 Å². The van der Waals surface area contributed by atoms with Gasteiger partial charge in [0.15, 0.2) is 5.69 Å². The number of carbonyl (C=O) groups is 1. The molecule has 6 nitrogen and oxygen atoms in total. The van der Waals surface area contributed by atoms with Crippen molar-refractivity contribution in [3.05, 3.63) is 59.1 Å². The number of halogens is 3. The number of pyridine rings is 1. The number of nitrogens with zero attached hydrogens (tertiary/aromatic N) is 1. The van der Waals surface area contributed by atoms with Crippen molar-refractivity contribution in [1.82, 2.24) is 10.3 Å². The molecule has 1 saturated carbocycles. The van der Waals surface area contributed by atoms with Gasteiger partial charge in [-0.1, -0.05) is 19.9 Å². The average Bonchev–Trinajstić information content (AvgIpc) is 3.51. The number of benzene rings is 1. The van der Waals surface area contributed by atoms with Crippen molar-refractivity contribution in [3.8, 4) is 5.75 Å². The summed E-state index contributed by atoms with van der Waals surface area (Å²) in [4.78, 5) is 15.0. The van der Waals surface area contributed by atoms with E-state index in [1.54, 1.807) is 18.2 Å². The van der Waals surface area contributed by atoms with Crippen molar-refractivity contribution in [2.24, 2.45) is 0 Å². The Balaban J connectivity index is 0.00000149. The number of hydrogen-bond acceptors (Lipinski definition) is 6. The van der Waals surface area contributed by atoms with Gasteiger partial charge >= 0.3 is 12.1 Å². The third-order valence-corrected chi connectivity index (χ3v) is 5.42. The zero-order valence-electron chi connectivity index (χ0n) is 19.0. The normalized spacial score (nSPS) is 14.4. The third-order valence-electron chi connectivity index (χ3n) is 5.42. The summed E-state index contributed by atoms with van der Waals surface area (Å²) in [7, 11) is 1.33. The van der Waals surface area contributed by atoms with Crippen LogP contribution in [0.1, 0.15) is 49.3 Å². The molecule has 0 spiro atoms. The first-order valence-electron chi connectivity index (χ1n) is 10.7. The van der Waals surface area contributed by atoms with Gasteiger partial charge in [0.2, 0.25) is 0 Å². The van der Waals surface area contributed by atoms with E-state index in [2.05, 4.69) is 10.3 Å². The zero-order valence-corrected chi connectivity index (χ0v) is 19.0. The molecular weight excluding hydrogens is 437 g/mol. The van der Waals surface area contributed by atoms with Gasteiger partial charge in [0.05, 0.1) is 13.7 Å². The van der Waals surface area contributed by atoms with E-state index in [4.69, 9.17) is 13.9 Å². The van der Waals surface area contributed by atoms with E-state index >= 15 is 0 Å². The predicted molar refractivity (Wildman–Crippen MR) is 117 cm³/mol. The first-order chi connectivity index (χ1) is 15.7.